The molecule has 3 amide bonds. The summed E-state index contributed by atoms with van der Waals surface area (Å²) in [7, 11) is 0. The molecule has 10 heteroatoms. The van der Waals surface area contributed by atoms with Crippen LogP contribution in [0, 0.1) is 0 Å². The molecule has 0 spiro atoms. The van der Waals surface area contributed by atoms with Crippen LogP contribution in [0.4, 0.5) is 11.4 Å². The molecule has 5 aromatic rings. The van der Waals surface area contributed by atoms with Gasteiger partial charge in [-0.05, 0) is 77.9 Å². The number of benzene rings is 5. The summed E-state index contributed by atoms with van der Waals surface area (Å²) in [6.07, 6.45) is 1.56. The molecule has 1 unspecified atom stereocenters. The lowest BCUT2D eigenvalue weighted by molar-refractivity contribution is -0.116. The minimum Gasteiger partial charge on any atom is -0.323 e. The molecule has 0 bridgehead atoms. The Morgan fingerprint density at radius 3 is 2.07 bits per heavy atom. The SMILES string of the molecule is O=C(Nc1ccc(SC(C(=O)Nc2cccc(Cl)c2Cl)c2ccccc2)cc1)/C(=C/c1cccc(Cl)c1)NC(=O)c1ccccc1. The smallest absolute Gasteiger partial charge is 0.272 e. The summed E-state index contributed by atoms with van der Waals surface area (Å²) in [5.41, 5.74) is 2.79. The highest BCUT2D eigenvalue weighted by Crippen LogP contribution is 2.38. The van der Waals surface area contributed by atoms with E-state index in [1.165, 1.54) is 11.8 Å². The molecule has 5 rings (SSSR count). The second kappa shape index (κ2) is 15.7. The van der Waals surface area contributed by atoms with Gasteiger partial charge in [-0.2, -0.15) is 0 Å². The van der Waals surface area contributed by atoms with Crippen molar-refractivity contribution in [3.05, 3.63) is 165 Å². The first-order chi connectivity index (χ1) is 22.3. The van der Waals surface area contributed by atoms with Crippen LogP contribution in [0.1, 0.15) is 26.7 Å². The van der Waals surface area contributed by atoms with Crippen LogP contribution in [0.5, 0.6) is 0 Å². The third kappa shape index (κ3) is 8.80. The Bertz CT molecular complexity index is 1890. The first-order valence-electron chi connectivity index (χ1n) is 14.0. The van der Waals surface area contributed by atoms with E-state index in [1.54, 1.807) is 103 Å². The molecular formula is C36H26Cl3N3O3S. The van der Waals surface area contributed by atoms with Crippen LogP contribution in [-0.2, 0) is 9.59 Å². The molecule has 230 valence electrons. The van der Waals surface area contributed by atoms with Crippen LogP contribution < -0.4 is 16.0 Å². The van der Waals surface area contributed by atoms with E-state index in [-0.39, 0.29) is 16.6 Å². The zero-order chi connectivity index (χ0) is 32.5. The minimum atomic E-state index is -0.614. The van der Waals surface area contributed by atoms with Gasteiger partial charge in [-0.3, -0.25) is 14.4 Å². The normalized spacial score (nSPS) is 11.8. The van der Waals surface area contributed by atoms with Crippen LogP contribution >= 0.6 is 46.6 Å². The topological polar surface area (TPSA) is 87.3 Å². The average Bonchev–Trinajstić information content (AvgIpc) is 3.07. The number of nitrogens with one attached hydrogen (secondary N) is 3. The zero-order valence-corrected chi connectivity index (χ0v) is 27.1. The molecule has 0 saturated carbocycles. The molecule has 0 saturated heterocycles. The van der Waals surface area contributed by atoms with Crippen molar-refractivity contribution in [3.63, 3.8) is 0 Å². The maximum Gasteiger partial charge on any atom is 0.272 e. The third-order valence-corrected chi connectivity index (χ3v) is 8.92. The van der Waals surface area contributed by atoms with E-state index < -0.39 is 17.1 Å². The third-order valence-electron chi connectivity index (χ3n) is 6.60. The Morgan fingerprint density at radius 1 is 0.696 bits per heavy atom. The van der Waals surface area contributed by atoms with Crippen molar-refractivity contribution in [1.29, 1.82) is 0 Å². The van der Waals surface area contributed by atoms with Gasteiger partial charge in [-0.1, -0.05) is 102 Å². The van der Waals surface area contributed by atoms with Crippen LogP contribution in [0.15, 0.2) is 138 Å². The van der Waals surface area contributed by atoms with E-state index in [4.69, 9.17) is 34.8 Å². The van der Waals surface area contributed by atoms with E-state index in [1.807, 2.05) is 30.3 Å². The average molecular weight is 687 g/mol. The molecule has 6 nitrogen and oxygen atoms in total. The maximum atomic E-state index is 13.5. The fourth-order valence-electron chi connectivity index (χ4n) is 4.36. The molecule has 0 aliphatic carbocycles. The summed E-state index contributed by atoms with van der Waals surface area (Å²) < 4.78 is 0. The van der Waals surface area contributed by atoms with Gasteiger partial charge in [0.1, 0.15) is 10.9 Å². The number of rotatable bonds is 10. The molecule has 1 atom stereocenters. The van der Waals surface area contributed by atoms with E-state index in [2.05, 4.69) is 16.0 Å². The fraction of sp³-hybridized carbons (Fsp3) is 0.0278. The van der Waals surface area contributed by atoms with Crippen molar-refractivity contribution in [2.24, 2.45) is 0 Å². The largest absolute Gasteiger partial charge is 0.323 e. The van der Waals surface area contributed by atoms with Crippen molar-refractivity contribution in [2.75, 3.05) is 10.6 Å². The molecule has 46 heavy (non-hydrogen) atoms. The van der Waals surface area contributed by atoms with Crippen LogP contribution in [-0.4, -0.2) is 17.7 Å². The highest BCUT2D eigenvalue weighted by molar-refractivity contribution is 8.00. The second-order valence-corrected chi connectivity index (χ2v) is 12.3. The Balaban J connectivity index is 1.33. The molecule has 0 aromatic heterocycles. The lowest BCUT2D eigenvalue weighted by Gasteiger charge is -2.18. The van der Waals surface area contributed by atoms with Gasteiger partial charge in [0.05, 0.1) is 15.7 Å². The van der Waals surface area contributed by atoms with Gasteiger partial charge >= 0.3 is 0 Å². The number of carbonyl (C=O) groups excluding carboxylic acids is 3. The summed E-state index contributed by atoms with van der Waals surface area (Å²) in [5, 5.41) is 8.93. The zero-order valence-electron chi connectivity index (χ0n) is 24.0. The van der Waals surface area contributed by atoms with Gasteiger partial charge in [0.2, 0.25) is 5.91 Å². The predicted molar refractivity (Wildman–Crippen MR) is 189 cm³/mol. The second-order valence-electron chi connectivity index (χ2n) is 9.91. The van der Waals surface area contributed by atoms with E-state index in [9.17, 15) is 14.4 Å². The van der Waals surface area contributed by atoms with Crippen molar-refractivity contribution >= 4 is 81.7 Å². The summed E-state index contributed by atoms with van der Waals surface area (Å²) in [5.74, 6) is -1.23. The molecule has 0 heterocycles. The monoisotopic (exact) mass is 685 g/mol. The number of halogens is 3. The van der Waals surface area contributed by atoms with Gasteiger partial charge in [0, 0.05) is 21.2 Å². The van der Waals surface area contributed by atoms with Gasteiger partial charge < -0.3 is 16.0 Å². The van der Waals surface area contributed by atoms with Crippen LogP contribution in [0.3, 0.4) is 0 Å². The molecule has 0 aliphatic rings. The lowest BCUT2D eigenvalue weighted by atomic mass is 10.1. The summed E-state index contributed by atoms with van der Waals surface area (Å²) in [4.78, 5) is 40.6. The Labute approximate surface area is 285 Å². The Hall–Kier alpha value is -4.53. The predicted octanol–water partition coefficient (Wildman–Crippen LogP) is 9.53. The standard InChI is InChI=1S/C36H26Cl3N3O3S/c37-26-14-7-9-23(21-26)22-31(42-34(43)25-12-5-2-6-13-25)35(44)40-27-17-19-28(20-18-27)46-33(24-10-3-1-4-11-24)36(45)41-30-16-8-15-29(38)32(30)39/h1-22,33H,(H,40,44)(H,41,45)(H,42,43)/b31-22-. The minimum absolute atomic E-state index is 0.0371. The highest BCUT2D eigenvalue weighted by atomic mass is 35.5. The molecule has 0 aliphatic heterocycles. The van der Waals surface area contributed by atoms with Crippen molar-refractivity contribution in [3.8, 4) is 0 Å². The number of carbonyl (C=O) groups is 3. The molecule has 0 radical (unpaired) electrons. The maximum absolute atomic E-state index is 13.5. The van der Waals surface area contributed by atoms with Crippen LogP contribution in [0.2, 0.25) is 15.1 Å². The first kappa shape index (κ1) is 32.9. The molecule has 0 fully saturated rings. The van der Waals surface area contributed by atoms with Crippen molar-refractivity contribution in [2.45, 2.75) is 10.1 Å². The Kier molecular flexibility index (Phi) is 11.2. The summed E-state index contributed by atoms with van der Waals surface area (Å²) in [6, 6.07) is 37.0. The Morgan fingerprint density at radius 2 is 1.37 bits per heavy atom. The van der Waals surface area contributed by atoms with Crippen molar-refractivity contribution in [1.82, 2.24) is 5.32 Å². The number of anilines is 2. The van der Waals surface area contributed by atoms with Gasteiger partial charge in [-0.15, -0.1) is 11.8 Å². The van der Waals surface area contributed by atoms with Crippen LogP contribution in [0.25, 0.3) is 6.08 Å². The van der Waals surface area contributed by atoms with Crippen molar-refractivity contribution < 1.29 is 14.4 Å². The quantitative estimate of drug-likeness (QED) is 0.101. The van der Waals surface area contributed by atoms with Gasteiger partial charge in [0.25, 0.3) is 11.8 Å². The molecule has 5 aromatic carbocycles. The lowest BCUT2D eigenvalue weighted by Crippen LogP contribution is -2.30. The summed E-state index contributed by atoms with van der Waals surface area (Å²) >= 11 is 20.0. The molecule has 3 N–H and O–H groups in total. The number of hydrogen-bond acceptors (Lipinski definition) is 4. The van der Waals surface area contributed by atoms with Gasteiger partial charge in [-0.25, -0.2) is 0 Å². The number of hydrogen-bond donors (Lipinski definition) is 3. The number of amides is 3. The van der Waals surface area contributed by atoms with E-state index in [0.29, 0.717) is 32.5 Å². The summed E-state index contributed by atoms with van der Waals surface area (Å²) in [6.45, 7) is 0. The highest BCUT2D eigenvalue weighted by Gasteiger charge is 2.23. The van der Waals surface area contributed by atoms with E-state index in [0.717, 1.165) is 10.5 Å². The van der Waals surface area contributed by atoms with Gasteiger partial charge in [0.15, 0.2) is 0 Å². The molecular weight excluding hydrogens is 661 g/mol. The fourth-order valence-corrected chi connectivity index (χ4v) is 5.93. The van der Waals surface area contributed by atoms with E-state index >= 15 is 0 Å². The number of thioether (sulfide) groups is 1. The first-order valence-corrected chi connectivity index (χ1v) is 16.0.